The first-order valence-corrected chi connectivity index (χ1v) is 10.7. The van der Waals surface area contributed by atoms with Gasteiger partial charge in [-0.05, 0) is 24.3 Å². The summed E-state index contributed by atoms with van der Waals surface area (Å²) >= 11 is 0. The number of para-hydroxylation sites is 3. The van der Waals surface area contributed by atoms with E-state index in [4.69, 9.17) is 4.74 Å². The van der Waals surface area contributed by atoms with Gasteiger partial charge in [0, 0.05) is 18.2 Å². The van der Waals surface area contributed by atoms with Crippen LogP contribution in [0.15, 0.2) is 76.7 Å². The van der Waals surface area contributed by atoms with Gasteiger partial charge in [-0.15, -0.1) is 0 Å². The summed E-state index contributed by atoms with van der Waals surface area (Å²) in [6, 6.07) is 15.2. The normalized spacial score (nSPS) is 11.2. The first-order chi connectivity index (χ1) is 15.7. The summed E-state index contributed by atoms with van der Waals surface area (Å²) in [5, 5.41) is 26.2. The first-order valence-electron chi connectivity index (χ1n) is 9.19. The van der Waals surface area contributed by atoms with E-state index >= 15 is 0 Å². The fourth-order valence-electron chi connectivity index (χ4n) is 2.80. The average Bonchev–Trinajstić information content (AvgIpc) is 2.79. The molecular weight excluding hydrogens is 454 g/mol. The average molecular weight is 471 g/mol. The Morgan fingerprint density at radius 3 is 2.33 bits per heavy atom. The molecule has 0 fully saturated rings. The molecule has 0 bridgehead atoms. The summed E-state index contributed by atoms with van der Waals surface area (Å²) in [6.45, 7) is 0. The SMILES string of the molecule is COc1ccccc1NS(=O)(=O)c1cc([N+](=O)[O-])ccc1N/N=C\c1ccccc1[N+](=O)[O-]. The molecule has 0 saturated carbocycles. The number of nitrogens with one attached hydrogen (secondary N) is 2. The lowest BCUT2D eigenvalue weighted by Crippen LogP contribution is -2.15. The number of rotatable bonds is 9. The second-order valence-corrected chi connectivity index (χ2v) is 8.08. The highest BCUT2D eigenvalue weighted by Crippen LogP contribution is 2.31. The van der Waals surface area contributed by atoms with Crippen LogP contribution < -0.4 is 14.9 Å². The van der Waals surface area contributed by atoms with Crippen LogP contribution in [0.5, 0.6) is 5.75 Å². The highest BCUT2D eigenvalue weighted by atomic mass is 32.2. The van der Waals surface area contributed by atoms with Gasteiger partial charge >= 0.3 is 0 Å². The van der Waals surface area contributed by atoms with Gasteiger partial charge in [0.1, 0.15) is 10.6 Å². The van der Waals surface area contributed by atoms with E-state index in [2.05, 4.69) is 15.2 Å². The number of non-ortho nitro benzene ring substituents is 1. The van der Waals surface area contributed by atoms with E-state index in [-0.39, 0.29) is 28.4 Å². The van der Waals surface area contributed by atoms with Crippen LogP contribution in [0.2, 0.25) is 0 Å². The summed E-state index contributed by atoms with van der Waals surface area (Å²) in [6.07, 6.45) is 1.14. The standard InChI is InChI=1S/C20H17N5O7S/c1-32-19-9-5-3-7-16(19)23-33(30,31)20-12-15(24(26)27)10-11-17(20)22-21-13-14-6-2-4-8-18(14)25(28)29/h2-13,22-23H,1H3/b21-13-. The second-order valence-electron chi connectivity index (χ2n) is 6.43. The second kappa shape index (κ2) is 9.74. The number of anilines is 2. The van der Waals surface area contributed by atoms with E-state index in [1.54, 1.807) is 24.3 Å². The number of ether oxygens (including phenoxy) is 1. The van der Waals surface area contributed by atoms with Crippen molar-refractivity contribution in [2.75, 3.05) is 17.3 Å². The van der Waals surface area contributed by atoms with Gasteiger partial charge in [-0.25, -0.2) is 8.42 Å². The Labute approximate surface area is 187 Å². The third kappa shape index (κ3) is 5.40. The van der Waals surface area contributed by atoms with Crippen LogP contribution >= 0.6 is 0 Å². The molecule has 3 aromatic carbocycles. The number of nitro groups is 2. The minimum atomic E-state index is -4.33. The maximum atomic E-state index is 13.1. The molecule has 0 spiro atoms. The van der Waals surface area contributed by atoms with Gasteiger partial charge in [0.25, 0.3) is 21.4 Å². The van der Waals surface area contributed by atoms with Crippen molar-refractivity contribution in [1.82, 2.24) is 0 Å². The lowest BCUT2D eigenvalue weighted by molar-refractivity contribution is -0.385. The third-order valence-corrected chi connectivity index (χ3v) is 5.74. The molecule has 33 heavy (non-hydrogen) atoms. The van der Waals surface area contributed by atoms with Crippen LogP contribution in [-0.4, -0.2) is 31.6 Å². The summed E-state index contributed by atoms with van der Waals surface area (Å²) < 4.78 is 33.6. The summed E-state index contributed by atoms with van der Waals surface area (Å²) in [7, 11) is -2.96. The van der Waals surface area contributed by atoms with Crippen molar-refractivity contribution in [3.63, 3.8) is 0 Å². The molecule has 3 aromatic rings. The predicted molar refractivity (Wildman–Crippen MR) is 121 cm³/mol. The first kappa shape index (κ1) is 23.1. The lowest BCUT2D eigenvalue weighted by atomic mass is 10.2. The van der Waals surface area contributed by atoms with Crippen molar-refractivity contribution < 1.29 is 23.0 Å². The van der Waals surface area contributed by atoms with E-state index in [9.17, 15) is 28.6 Å². The van der Waals surface area contributed by atoms with E-state index in [1.807, 2.05) is 0 Å². The molecule has 0 aliphatic heterocycles. The van der Waals surface area contributed by atoms with Crippen LogP contribution in [0.25, 0.3) is 0 Å². The summed E-state index contributed by atoms with van der Waals surface area (Å²) in [5.41, 5.74) is 2.05. The van der Waals surface area contributed by atoms with E-state index in [1.165, 1.54) is 37.4 Å². The number of nitrogens with zero attached hydrogens (tertiary/aromatic N) is 3. The zero-order chi connectivity index (χ0) is 24.0. The molecule has 0 aliphatic carbocycles. The smallest absolute Gasteiger partial charge is 0.278 e. The molecule has 170 valence electrons. The minimum Gasteiger partial charge on any atom is -0.495 e. The van der Waals surface area contributed by atoms with Gasteiger partial charge in [0.2, 0.25) is 0 Å². The van der Waals surface area contributed by atoms with E-state index in [0.717, 1.165) is 18.3 Å². The predicted octanol–water partition coefficient (Wildman–Crippen LogP) is 3.76. The number of hydrogen-bond donors (Lipinski definition) is 2. The Morgan fingerprint density at radius 2 is 1.64 bits per heavy atom. The number of hydrogen-bond acceptors (Lipinski definition) is 9. The van der Waals surface area contributed by atoms with Crippen molar-refractivity contribution in [2.24, 2.45) is 5.10 Å². The number of methoxy groups -OCH3 is 1. The Hall–Kier alpha value is -4.52. The van der Waals surface area contributed by atoms with Gasteiger partial charge in [0.15, 0.2) is 0 Å². The number of benzene rings is 3. The molecule has 0 atom stereocenters. The zero-order valence-electron chi connectivity index (χ0n) is 17.0. The van der Waals surface area contributed by atoms with Crippen LogP contribution in [-0.2, 0) is 10.0 Å². The zero-order valence-corrected chi connectivity index (χ0v) is 17.9. The van der Waals surface area contributed by atoms with Gasteiger partial charge in [-0.2, -0.15) is 5.10 Å². The van der Waals surface area contributed by atoms with Gasteiger partial charge in [-0.3, -0.25) is 30.4 Å². The van der Waals surface area contributed by atoms with Gasteiger partial charge in [0.05, 0.1) is 40.1 Å². The Bertz CT molecular complexity index is 1340. The monoisotopic (exact) mass is 471 g/mol. The molecule has 12 nitrogen and oxygen atoms in total. The Kier molecular flexibility index (Phi) is 6.83. The third-order valence-electron chi connectivity index (χ3n) is 4.34. The minimum absolute atomic E-state index is 0.0853. The highest BCUT2D eigenvalue weighted by molar-refractivity contribution is 7.93. The van der Waals surface area contributed by atoms with Crippen molar-refractivity contribution in [3.05, 3.63) is 92.5 Å². The Morgan fingerprint density at radius 1 is 0.939 bits per heavy atom. The van der Waals surface area contributed by atoms with E-state index in [0.29, 0.717) is 0 Å². The topological polar surface area (TPSA) is 166 Å². The maximum absolute atomic E-state index is 13.1. The van der Waals surface area contributed by atoms with Gasteiger partial charge < -0.3 is 4.74 Å². The highest BCUT2D eigenvalue weighted by Gasteiger charge is 2.24. The molecule has 0 unspecified atom stereocenters. The molecule has 3 rings (SSSR count). The number of hydrazone groups is 1. The molecule has 2 N–H and O–H groups in total. The fraction of sp³-hybridized carbons (Fsp3) is 0.0500. The van der Waals surface area contributed by atoms with Crippen molar-refractivity contribution in [3.8, 4) is 5.75 Å². The summed E-state index contributed by atoms with van der Waals surface area (Å²) in [4.78, 5) is 20.6. The van der Waals surface area contributed by atoms with Crippen LogP contribution in [0.1, 0.15) is 5.56 Å². The lowest BCUT2D eigenvalue weighted by Gasteiger charge is -2.14. The molecular formula is C20H17N5O7S. The van der Waals surface area contributed by atoms with Crippen molar-refractivity contribution in [1.29, 1.82) is 0 Å². The fourth-order valence-corrected chi connectivity index (χ4v) is 4.05. The Balaban J connectivity index is 1.98. The van der Waals surface area contributed by atoms with Crippen LogP contribution in [0, 0.1) is 20.2 Å². The maximum Gasteiger partial charge on any atom is 0.278 e. The molecule has 0 saturated heterocycles. The van der Waals surface area contributed by atoms with Crippen molar-refractivity contribution in [2.45, 2.75) is 4.90 Å². The quantitative estimate of drug-likeness (QED) is 0.270. The van der Waals surface area contributed by atoms with Crippen LogP contribution in [0.4, 0.5) is 22.7 Å². The molecule has 0 aliphatic rings. The molecule has 0 radical (unpaired) electrons. The van der Waals surface area contributed by atoms with Gasteiger partial charge in [-0.1, -0.05) is 24.3 Å². The molecule has 0 heterocycles. The van der Waals surface area contributed by atoms with Crippen molar-refractivity contribution >= 4 is 39.0 Å². The number of sulfonamides is 1. The number of nitro benzene ring substituents is 2. The summed E-state index contributed by atoms with van der Waals surface area (Å²) in [5.74, 6) is 0.246. The molecule has 0 aromatic heterocycles. The largest absolute Gasteiger partial charge is 0.495 e. The van der Waals surface area contributed by atoms with Crippen LogP contribution in [0.3, 0.4) is 0 Å². The molecule has 0 amide bonds. The van der Waals surface area contributed by atoms with E-state index < -0.39 is 30.5 Å². The molecule has 13 heteroatoms.